The Labute approximate surface area is 146 Å². The van der Waals surface area contributed by atoms with E-state index in [2.05, 4.69) is 34.2 Å². The molecule has 1 amide bonds. The largest absolute Gasteiger partial charge is 0.380 e. The number of nitrogens with zero attached hydrogens (tertiary/aromatic N) is 2. The highest BCUT2D eigenvalue weighted by Crippen LogP contribution is 2.16. The molecule has 0 aromatic heterocycles. The van der Waals surface area contributed by atoms with Crippen LogP contribution in [0.15, 0.2) is 24.3 Å². The molecule has 0 aliphatic carbocycles. The summed E-state index contributed by atoms with van der Waals surface area (Å²) in [5, 5.41) is 3.12. The second-order valence-electron chi connectivity index (χ2n) is 6.46. The molecule has 2 rings (SSSR count). The van der Waals surface area contributed by atoms with Crippen LogP contribution in [0.2, 0.25) is 0 Å². The summed E-state index contributed by atoms with van der Waals surface area (Å²) in [6, 6.07) is 8.26. The fraction of sp³-hybridized carbons (Fsp3) is 0.632. The van der Waals surface area contributed by atoms with Gasteiger partial charge in [0.25, 0.3) is 0 Å². The number of hydrogen-bond acceptors (Lipinski definition) is 4. The standard InChI is InChI=1S/C19H31N3O2/c1-4-24-14-13-21-9-11-22(12-10-21)15-19(23)20-17(3)18-8-6-5-7-16(18)2/h5-8,17H,4,9-15H2,1-3H3,(H,20,23)/t17-/m0/s1. The van der Waals surface area contributed by atoms with Crippen molar-refractivity contribution in [1.82, 2.24) is 15.1 Å². The SMILES string of the molecule is CCOCCN1CCN(CC(=O)N[C@@H](C)c2ccccc2C)CC1. The summed E-state index contributed by atoms with van der Waals surface area (Å²) in [7, 11) is 0. The molecule has 0 unspecified atom stereocenters. The Morgan fingerprint density at radius 2 is 1.88 bits per heavy atom. The van der Waals surface area contributed by atoms with E-state index in [1.165, 1.54) is 11.1 Å². The summed E-state index contributed by atoms with van der Waals surface area (Å²) in [6.45, 7) is 13.1. The van der Waals surface area contributed by atoms with Gasteiger partial charge in [0.05, 0.1) is 19.2 Å². The van der Waals surface area contributed by atoms with E-state index in [0.29, 0.717) is 6.54 Å². The first-order chi connectivity index (χ1) is 11.6. The molecule has 1 aromatic carbocycles. The lowest BCUT2D eigenvalue weighted by atomic mass is 10.0. The van der Waals surface area contributed by atoms with Crippen molar-refractivity contribution in [2.24, 2.45) is 0 Å². The van der Waals surface area contributed by atoms with Crippen LogP contribution < -0.4 is 5.32 Å². The Morgan fingerprint density at radius 1 is 1.21 bits per heavy atom. The van der Waals surface area contributed by atoms with Gasteiger partial charge in [-0.2, -0.15) is 0 Å². The normalized spacial score (nSPS) is 17.6. The molecule has 1 aliphatic rings. The van der Waals surface area contributed by atoms with E-state index in [0.717, 1.165) is 45.9 Å². The summed E-state index contributed by atoms with van der Waals surface area (Å²) in [4.78, 5) is 16.9. The van der Waals surface area contributed by atoms with Crippen LogP contribution in [-0.2, 0) is 9.53 Å². The third-order valence-corrected chi connectivity index (χ3v) is 4.62. The van der Waals surface area contributed by atoms with E-state index in [-0.39, 0.29) is 11.9 Å². The molecule has 1 fully saturated rings. The highest BCUT2D eigenvalue weighted by atomic mass is 16.5. The molecule has 0 spiro atoms. The first-order valence-electron chi connectivity index (χ1n) is 8.97. The lowest BCUT2D eigenvalue weighted by Crippen LogP contribution is -2.50. The van der Waals surface area contributed by atoms with Gasteiger partial charge in [-0.25, -0.2) is 0 Å². The van der Waals surface area contributed by atoms with Crippen molar-refractivity contribution in [3.63, 3.8) is 0 Å². The minimum absolute atomic E-state index is 0.0474. The number of benzene rings is 1. The van der Waals surface area contributed by atoms with Crippen LogP contribution in [0, 0.1) is 6.92 Å². The number of aryl methyl sites for hydroxylation is 1. The van der Waals surface area contributed by atoms with Crippen molar-refractivity contribution in [3.05, 3.63) is 35.4 Å². The monoisotopic (exact) mass is 333 g/mol. The maximum atomic E-state index is 12.3. The highest BCUT2D eigenvalue weighted by Gasteiger charge is 2.19. The summed E-state index contributed by atoms with van der Waals surface area (Å²) < 4.78 is 5.40. The van der Waals surface area contributed by atoms with Gasteiger partial charge in [-0.1, -0.05) is 24.3 Å². The van der Waals surface area contributed by atoms with E-state index >= 15 is 0 Å². The van der Waals surface area contributed by atoms with E-state index in [9.17, 15) is 4.79 Å². The van der Waals surface area contributed by atoms with Crippen molar-refractivity contribution in [3.8, 4) is 0 Å². The van der Waals surface area contributed by atoms with Crippen LogP contribution in [-0.4, -0.2) is 68.2 Å². The van der Waals surface area contributed by atoms with Crippen LogP contribution in [0.1, 0.15) is 31.0 Å². The number of carbonyl (C=O) groups excluding carboxylic acids is 1. The Hall–Kier alpha value is -1.43. The first kappa shape index (κ1) is 18.9. The number of piperazine rings is 1. The van der Waals surface area contributed by atoms with Crippen molar-refractivity contribution in [2.45, 2.75) is 26.8 Å². The molecular formula is C19H31N3O2. The van der Waals surface area contributed by atoms with E-state index in [4.69, 9.17) is 4.74 Å². The topological polar surface area (TPSA) is 44.8 Å². The van der Waals surface area contributed by atoms with Gasteiger partial charge in [-0.3, -0.25) is 14.6 Å². The van der Waals surface area contributed by atoms with Gasteiger partial charge in [0.15, 0.2) is 0 Å². The van der Waals surface area contributed by atoms with Crippen LogP contribution >= 0.6 is 0 Å². The third kappa shape index (κ3) is 5.89. The molecule has 5 heteroatoms. The zero-order valence-electron chi connectivity index (χ0n) is 15.3. The zero-order chi connectivity index (χ0) is 17.4. The van der Waals surface area contributed by atoms with Gasteiger partial charge in [-0.15, -0.1) is 0 Å². The summed E-state index contributed by atoms with van der Waals surface area (Å²) in [5.74, 6) is 0.105. The molecule has 134 valence electrons. The minimum Gasteiger partial charge on any atom is -0.380 e. The molecular weight excluding hydrogens is 302 g/mol. The third-order valence-electron chi connectivity index (χ3n) is 4.62. The van der Waals surface area contributed by atoms with Crippen LogP contribution in [0.25, 0.3) is 0 Å². The van der Waals surface area contributed by atoms with Crippen LogP contribution in [0.5, 0.6) is 0 Å². The highest BCUT2D eigenvalue weighted by molar-refractivity contribution is 5.78. The van der Waals surface area contributed by atoms with E-state index in [1.54, 1.807) is 0 Å². The molecule has 5 nitrogen and oxygen atoms in total. The van der Waals surface area contributed by atoms with Crippen molar-refractivity contribution in [2.75, 3.05) is 52.5 Å². The van der Waals surface area contributed by atoms with Crippen molar-refractivity contribution < 1.29 is 9.53 Å². The summed E-state index contributed by atoms with van der Waals surface area (Å²) in [6.07, 6.45) is 0. The molecule has 1 aliphatic heterocycles. The number of rotatable bonds is 8. The average Bonchev–Trinajstić information content (AvgIpc) is 2.57. The smallest absolute Gasteiger partial charge is 0.234 e. The second kappa shape index (κ2) is 9.77. The number of carbonyl (C=O) groups is 1. The predicted octanol–water partition coefficient (Wildman–Crippen LogP) is 1.83. The second-order valence-corrected chi connectivity index (χ2v) is 6.46. The van der Waals surface area contributed by atoms with Crippen molar-refractivity contribution >= 4 is 5.91 Å². The van der Waals surface area contributed by atoms with E-state index < -0.39 is 0 Å². The molecule has 24 heavy (non-hydrogen) atoms. The summed E-state index contributed by atoms with van der Waals surface area (Å²) >= 11 is 0. The van der Waals surface area contributed by atoms with Gasteiger partial charge in [0.2, 0.25) is 5.91 Å². The number of nitrogens with one attached hydrogen (secondary N) is 1. The Kier molecular flexibility index (Phi) is 7.69. The molecule has 1 atom stereocenters. The lowest BCUT2D eigenvalue weighted by molar-refractivity contribution is -0.123. The van der Waals surface area contributed by atoms with Gasteiger partial charge in [-0.05, 0) is 31.9 Å². The quantitative estimate of drug-likeness (QED) is 0.737. The Morgan fingerprint density at radius 3 is 2.54 bits per heavy atom. The lowest BCUT2D eigenvalue weighted by Gasteiger charge is -2.34. The first-order valence-corrected chi connectivity index (χ1v) is 8.97. The predicted molar refractivity (Wildman–Crippen MR) is 97.1 cm³/mol. The molecule has 0 radical (unpaired) electrons. The number of amides is 1. The fourth-order valence-corrected chi connectivity index (χ4v) is 3.15. The Bertz CT molecular complexity index is 513. The average molecular weight is 333 g/mol. The molecule has 1 saturated heterocycles. The zero-order valence-corrected chi connectivity index (χ0v) is 15.3. The molecule has 1 N–H and O–H groups in total. The Balaban J connectivity index is 1.71. The molecule has 0 saturated carbocycles. The molecule has 1 heterocycles. The minimum atomic E-state index is 0.0474. The van der Waals surface area contributed by atoms with E-state index in [1.807, 2.05) is 26.0 Å². The van der Waals surface area contributed by atoms with Gasteiger partial charge < -0.3 is 10.1 Å². The molecule has 1 aromatic rings. The van der Waals surface area contributed by atoms with Gasteiger partial charge in [0.1, 0.15) is 0 Å². The molecule has 0 bridgehead atoms. The maximum absolute atomic E-state index is 12.3. The van der Waals surface area contributed by atoms with Crippen LogP contribution in [0.3, 0.4) is 0 Å². The summed E-state index contributed by atoms with van der Waals surface area (Å²) in [5.41, 5.74) is 2.40. The number of ether oxygens (including phenoxy) is 1. The van der Waals surface area contributed by atoms with Gasteiger partial charge >= 0.3 is 0 Å². The fourth-order valence-electron chi connectivity index (χ4n) is 3.15. The van der Waals surface area contributed by atoms with Crippen LogP contribution in [0.4, 0.5) is 0 Å². The van der Waals surface area contributed by atoms with Crippen molar-refractivity contribution in [1.29, 1.82) is 0 Å². The van der Waals surface area contributed by atoms with Gasteiger partial charge in [0, 0.05) is 39.3 Å². The number of hydrogen-bond donors (Lipinski definition) is 1. The maximum Gasteiger partial charge on any atom is 0.234 e.